The Labute approximate surface area is 132 Å². The van der Waals surface area contributed by atoms with Crippen molar-refractivity contribution in [3.05, 3.63) is 27.4 Å². The number of carboxylic acid groups (broad SMARTS) is 1. The van der Waals surface area contributed by atoms with Crippen molar-refractivity contribution in [3.63, 3.8) is 0 Å². The minimum atomic E-state index is -0.900. The summed E-state index contributed by atoms with van der Waals surface area (Å²) in [6.45, 7) is 3.94. The average Bonchev–Trinajstić information content (AvgIpc) is 2.45. The second kappa shape index (κ2) is 7.35. The summed E-state index contributed by atoms with van der Waals surface area (Å²) >= 11 is 3.78. The number of nitrogens with one attached hydrogen (secondary N) is 1. The van der Waals surface area contributed by atoms with Crippen LogP contribution in [0.15, 0.2) is 4.79 Å². The molecular weight excluding hydrogens is 308 g/mol. The summed E-state index contributed by atoms with van der Waals surface area (Å²) in [6.07, 6.45) is 1.23. The third-order valence-electron chi connectivity index (χ3n) is 3.55. The Morgan fingerprint density at radius 3 is 2.76 bits per heavy atom. The van der Waals surface area contributed by atoms with Gasteiger partial charge in [0.25, 0.3) is 5.56 Å². The number of H-pyrrole nitrogens is 1. The van der Waals surface area contributed by atoms with E-state index in [0.29, 0.717) is 16.5 Å². The lowest BCUT2D eigenvalue weighted by atomic mass is 10.1. The van der Waals surface area contributed by atoms with Crippen molar-refractivity contribution in [2.24, 2.45) is 0 Å². The van der Waals surface area contributed by atoms with Gasteiger partial charge in [-0.2, -0.15) is 11.8 Å². The number of aryl methyl sites for hydroxylation is 1. The van der Waals surface area contributed by atoms with E-state index in [0.717, 1.165) is 23.8 Å². The highest BCUT2D eigenvalue weighted by molar-refractivity contribution is 8.06. The molecular formula is C14H20N2O3S2. The number of rotatable bonds is 5. The van der Waals surface area contributed by atoms with Gasteiger partial charge >= 0.3 is 5.97 Å². The van der Waals surface area contributed by atoms with Gasteiger partial charge in [0.05, 0.1) is 5.25 Å². The highest BCUT2D eigenvalue weighted by Crippen LogP contribution is 2.42. The standard InChI is InChI=1S/C14H20N2O3S2/c1-3-10-12(21-7-6-20-10)13-15-8(2)9(14(19)16-13)4-5-11(17)18/h10,12H,3-7H2,1-2H3,(H,17,18)(H,15,16,19). The van der Waals surface area contributed by atoms with Crippen LogP contribution in [-0.4, -0.2) is 37.8 Å². The predicted octanol–water partition coefficient (Wildman–Crippen LogP) is 2.40. The Bertz CT molecular complexity index is 574. The molecule has 2 atom stereocenters. The summed E-state index contributed by atoms with van der Waals surface area (Å²) in [4.78, 5) is 30.3. The summed E-state index contributed by atoms with van der Waals surface area (Å²) in [5.41, 5.74) is 0.952. The van der Waals surface area contributed by atoms with E-state index in [1.165, 1.54) is 0 Å². The summed E-state index contributed by atoms with van der Waals surface area (Å²) in [6, 6.07) is 0. The fourth-order valence-electron chi connectivity index (χ4n) is 2.45. The van der Waals surface area contributed by atoms with Crippen molar-refractivity contribution in [2.45, 2.75) is 43.6 Å². The molecule has 0 bridgehead atoms. The maximum Gasteiger partial charge on any atom is 0.303 e. The van der Waals surface area contributed by atoms with Crippen LogP contribution in [0.3, 0.4) is 0 Å². The third-order valence-corrected chi connectivity index (χ3v) is 6.81. The second-order valence-electron chi connectivity index (χ2n) is 5.02. The molecule has 21 heavy (non-hydrogen) atoms. The number of hydrogen-bond acceptors (Lipinski definition) is 5. The highest BCUT2D eigenvalue weighted by Gasteiger charge is 2.29. The molecule has 2 N–H and O–H groups in total. The van der Waals surface area contributed by atoms with E-state index in [1.54, 1.807) is 6.92 Å². The molecule has 1 aromatic heterocycles. The molecule has 1 saturated heterocycles. The predicted molar refractivity (Wildman–Crippen MR) is 87.3 cm³/mol. The van der Waals surface area contributed by atoms with Crippen LogP contribution in [0.2, 0.25) is 0 Å². The fourth-order valence-corrected chi connectivity index (χ4v) is 5.46. The summed E-state index contributed by atoms with van der Waals surface area (Å²) in [5, 5.41) is 9.43. The van der Waals surface area contributed by atoms with Crippen LogP contribution in [-0.2, 0) is 11.2 Å². The maximum atomic E-state index is 12.2. The Kier molecular flexibility index (Phi) is 5.75. The molecule has 1 aliphatic rings. The lowest BCUT2D eigenvalue weighted by molar-refractivity contribution is -0.136. The van der Waals surface area contributed by atoms with Crippen molar-refractivity contribution in [1.82, 2.24) is 9.97 Å². The zero-order valence-corrected chi connectivity index (χ0v) is 13.9. The number of aliphatic carboxylic acids is 1. The molecule has 0 aromatic carbocycles. The van der Waals surface area contributed by atoms with Gasteiger partial charge in [-0.25, -0.2) is 4.98 Å². The first-order valence-corrected chi connectivity index (χ1v) is 9.17. The van der Waals surface area contributed by atoms with Crippen LogP contribution in [0.1, 0.15) is 42.1 Å². The largest absolute Gasteiger partial charge is 0.481 e. The van der Waals surface area contributed by atoms with Gasteiger partial charge in [0.15, 0.2) is 0 Å². The molecule has 0 spiro atoms. The van der Waals surface area contributed by atoms with Crippen LogP contribution < -0.4 is 5.56 Å². The number of carbonyl (C=O) groups is 1. The minimum Gasteiger partial charge on any atom is -0.481 e. The Morgan fingerprint density at radius 1 is 1.43 bits per heavy atom. The first-order chi connectivity index (χ1) is 10.0. The van der Waals surface area contributed by atoms with Crippen molar-refractivity contribution in [2.75, 3.05) is 11.5 Å². The van der Waals surface area contributed by atoms with Crippen LogP contribution in [0, 0.1) is 6.92 Å². The smallest absolute Gasteiger partial charge is 0.303 e. The first-order valence-electron chi connectivity index (χ1n) is 7.07. The van der Waals surface area contributed by atoms with Gasteiger partial charge in [0, 0.05) is 34.4 Å². The van der Waals surface area contributed by atoms with Crippen LogP contribution in [0.25, 0.3) is 0 Å². The normalized spacial score (nSPS) is 22.2. The van der Waals surface area contributed by atoms with E-state index in [9.17, 15) is 9.59 Å². The number of aromatic amines is 1. The molecule has 0 saturated carbocycles. The van der Waals surface area contributed by atoms with Gasteiger partial charge in [-0.05, 0) is 19.8 Å². The van der Waals surface area contributed by atoms with E-state index in [2.05, 4.69) is 16.9 Å². The molecule has 7 heteroatoms. The Hall–Kier alpha value is -0.950. The minimum absolute atomic E-state index is 0.0451. The molecule has 5 nitrogen and oxygen atoms in total. The average molecular weight is 328 g/mol. The monoisotopic (exact) mass is 328 g/mol. The number of carboxylic acids is 1. The van der Waals surface area contributed by atoms with Gasteiger partial charge in [-0.15, -0.1) is 11.8 Å². The van der Waals surface area contributed by atoms with E-state index >= 15 is 0 Å². The summed E-state index contributed by atoms with van der Waals surface area (Å²) in [7, 11) is 0. The molecule has 0 aliphatic carbocycles. The third kappa shape index (κ3) is 4.03. The van der Waals surface area contributed by atoms with E-state index in [-0.39, 0.29) is 23.7 Å². The molecule has 116 valence electrons. The fraction of sp³-hybridized carbons (Fsp3) is 0.643. The molecule has 1 aliphatic heterocycles. The molecule has 1 aromatic rings. The second-order valence-corrected chi connectivity index (χ2v) is 7.61. The summed E-state index contributed by atoms with van der Waals surface area (Å²) < 4.78 is 0. The van der Waals surface area contributed by atoms with Crippen molar-refractivity contribution < 1.29 is 9.90 Å². The zero-order chi connectivity index (χ0) is 15.4. The van der Waals surface area contributed by atoms with Gasteiger partial charge in [-0.3, -0.25) is 9.59 Å². The molecule has 0 radical (unpaired) electrons. The van der Waals surface area contributed by atoms with E-state index in [1.807, 2.05) is 23.5 Å². The van der Waals surface area contributed by atoms with Crippen LogP contribution in [0.5, 0.6) is 0 Å². The van der Waals surface area contributed by atoms with Gasteiger partial charge in [-0.1, -0.05) is 6.92 Å². The molecule has 2 rings (SSSR count). The molecule has 1 fully saturated rings. The number of hydrogen-bond donors (Lipinski definition) is 2. The van der Waals surface area contributed by atoms with Gasteiger partial charge < -0.3 is 10.1 Å². The lowest BCUT2D eigenvalue weighted by Crippen LogP contribution is -2.26. The number of nitrogens with zero attached hydrogens (tertiary/aromatic N) is 1. The maximum absolute atomic E-state index is 12.2. The highest BCUT2D eigenvalue weighted by atomic mass is 32.2. The van der Waals surface area contributed by atoms with Crippen LogP contribution in [0.4, 0.5) is 0 Å². The number of thioether (sulfide) groups is 2. The first kappa shape index (κ1) is 16.4. The number of aromatic nitrogens is 2. The van der Waals surface area contributed by atoms with Crippen molar-refractivity contribution >= 4 is 29.5 Å². The zero-order valence-electron chi connectivity index (χ0n) is 12.2. The van der Waals surface area contributed by atoms with E-state index < -0.39 is 5.97 Å². The van der Waals surface area contributed by atoms with Gasteiger partial charge in [0.1, 0.15) is 5.82 Å². The molecule has 2 unspecified atom stereocenters. The lowest BCUT2D eigenvalue weighted by Gasteiger charge is -2.29. The van der Waals surface area contributed by atoms with Crippen molar-refractivity contribution in [3.8, 4) is 0 Å². The SMILES string of the molecule is CCC1SCCSC1c1nc(C)c(CCC(=O)O)c(=O)[nH]1. The molecule has 0 amide bonds. The topological polar surface area (TPSA) is 83.0 Å². The summed E-state index contributed by atoms with van der Waals surface area (Å²) in [5.74, 6) is 2.04. The Balaban J connectivity index is 2.26. The molecule has 2 heterocycles. The van der Waals surface area contributed by atoms with Gasteiger partial charge in [0.2, 0.25) is 0 Å². The Morgan fingerprint density at radius 2 is 2.14 bits per heavy atom. The quantitative estimate of drug-likeness (QED) is 0.863. The van der Waals surface area contributed by atoms with Crippen molar-refractivity contribution in [1.29, 1.82) is 0 Å². The van der Waals surface area contributed by atoms with E-state index in [4.69, 9.17) is 5.11 Å². The van der Waals surface area contributed by atoms with Crippen LogP contribution >= 0.6 is 23.5 Å².